The van der Waals surface area contributed by atoms with E-state index in [1.54, 1.807) is 12.1 Å². The highest BCUT2D eigenvalue weighted by Crippen LogP contribution is 2.28. The number of alkyl halides is 3. The number of anilines is 1. The summed E-state index contributed by atoms with van der Waals surface area (Å²) < 4.78 is 55.1. The van der Waals surface area contributed by atoms with Gasteiger partial charge in [0.15, 0.2) is 0 Å². The van der Waals surface area contributed by atoms with Gasteiger partial charge in [0.05, 0.1) is 6.54 Å². The largest absolute Gasteiger partial charge is 0.470 e. The molecule has 6 nitrogen and oxygen atoms in total. The Labute approximate surface area is 153 Å². The maximum atomic E-state index is 13.0. The predicted molar refractivity (Wildman–Crippen MR) is 88.6 cm³/mol. The fraction of sp³-hybridized carbons (Fsp3) is 0.529. The Morgan fingerprint density at radius 2 is 1.67 bits per heavy atom. The molecule has 2 saturated heterocycles. The second-order valence-corrected chi connectivity index (χ2v) is 6.85. The first kappa shape index (κ1) is 18.2. The van der Waals surface area contributed by atoms with Crippen molar-refractivity contribution in [1.82, 2.24) is 20.0 Å². The van der Waals surface area contributed by atoms with Crippen LogP contribution in [-0.4, -0.2) is 65.3 Å². The van der Waals surface area contributed by atoms with E-state index in [0.717, 1.165) is 45.0 Å². The number of nitrogens with zero attached hydrogens (tertiary/aromatic N) is 5. The van der Waals surface area contributed by atoms with Crippen molar-refractivity contribution < 1.29 is 22.0 Å². The van der Waals surface area contributed by atoms with Crippen LogP contribution in [0.3, 0.4) is 0 Å². The van der Waals surface area contributed by atoms with Crippen LogP contribution in [0, 0.1) is 5.82 Å². The Hall–Kier alpha value is -2.20. The van der Waals surface area contributed by atoms with Gasteiger partial charge >= 0.3 is 12.1 Å². The number of hydrogen-bond acceptors (Lipinski definition) is 6. The van der Waals surface area contributed by atoms with E-state index in [4.69, 9.17) is 0 Å². The van der Waals surface area contributed by atoms with Gasteiger partial charge in [0.25, 0.3) is 0 Å². The first-order valence-electron chi connectivity index (χ1n) is 8.75. The molecule has 0 saturated carbocycles. The molecule has 0 aliphatic carbocycles. The third-order valence-corrected chi connectivity index (χ3v) is 5.03. The number of likely N-dealkylation sites (tertiary alicyclic amines) is 1. The topological polar surface area (TPSA) is 48.6 Å². The van der Waals surface area contributed by atoms with Crippen molar-refractivity contribution in [3.63, 3.8) is 0 Å². The van der Waals surface area contributed by atoms with Crippen LogP contribution < -0.4 is 4.90 Å². The van der Waals surface area contributed by atoms with Crippen LogP contribution in [0.4, 0.5) is 23.2 Å². The number of piperazine rings is 1. The first-order chi connectivity index (χ1) is 12.9. The molecule has 0 N–H and O–H groups in total. The molecule has 0 radical (unpaired) electrons. The molecular weight excluding hydrogens is 366 g/mol. The summed E-state index contributed by atoms with van der Waals surface area (Å²) in [6.07, 6.45) is -4.60. The van der Waals surface area contributed by atoms with Crippen LogP contribution in [0.15, 0.2) is 28.7 Å². The molecule has 3 heterocycles. The van der Waals surface area contributed by atoms with Crippen molar-refractivity contribution in [1.29, 1.82) is 0 Å². The maximum Gasteiger partial charge on any atom is 0.470 e. The van der Waals surface area contributed by atoms with Crippen LogP contribution in [0.1, 0.15) is 11.8 Å². The summed E-state index contributed by atoms with van der Waals surface area (Å²) in [5.41, 5.74) is 1.02. The minimum absolute atomic E-state index is 0.0121. The number of benzene rings is 1. The van der Waals surface area contributed by atoms with Gasteiger partial charge in [-0.1, -0.05) is 0 Å². The van der Waals surface area contributed by atoms with Gasteiger partial charge in [-0.15, -0.1) is 10.2 Å². The standard InChI is InChI=1S/C17H19F4N5O/c18-12-1-3-13(4-2-12)25-5-7-26(8-6-25)14-9-24(10-14)11-15-22-23-16(27-15)17(19,20)21/h1-4,14H,5-11H2. The SMILES string of the molecule is Fc1ccc(N2CCN(C3CN(Cc4nnc(C(F)(F)F)o4)C3)CC2)cc1. The molecule has 4 rings (SSSR count). The van der Waals surface area contributed by atoms with Gasteiger partial charge in [-0.2, -0.15) is 13.2 Å². The minimum Gasteiger partial charge on any atom is -0.416 e. The molecule has 146 valence electrons. The van der Waals surface area contributed by atoms with Gasteiger partial charge in [-0.25, -0.2) is 4.39 Å². The molecule has 1 aromatic heterocycles. The second kappa shape index (κ2) is 7.08. The second-order valence-electron chi connectivity index (χ2n) is 6.85. The van der Waals surface area contributed by atoms with Crippen molar-refractivity contribution in [2.45, 2.75) is 18.8 Å². The minimum atomic E-state index is -4.60. The zero-order valence-corrected chi connectivity index (χ0v) is 14.5. The van der Waals surface area contributed by atoms with E-state index in [0.29, 0.717) is 6.04 Å². The lowest BCUT2D eigenvalue weighted by molar-refractivity contribution is -0.157. The molecule has 0 amide bonds. The van der Waals surface area contributed by atoms with Crippen molar-refractivity contribution in [2.75, 3.05) is 44.2 Å². The molecule has 0 atom stereocenters. The highest BCUT2D eigenvalue weighted by molar-refractivity contribution is 5.46. The molecule has 1 aromatic carbocycles. The monoisotopic (exact) mass is 385 g/mol. The third-order valence-electron chi connectivity index (χ3n) is 5.03. The molecule has 2 fully saturated rings. The molecule has 27 heavy (non-hydrogen) atoms. The number of rotatable bonds is 4. The zero-order valence-electron chi connectivity index (χ0n) is 14.5. The molecule has 0 unspecified atom stereocenters. The first-order valence-corrected chi connectivity index (χ1v) is 8.75. The lowest BCUT2D eigenvalue weighted by Gasteiger charge is -2.48. The van der Waals surface area contributed by atoms with Gasteiger partial charge < -0.3 is 9.32 Å². The van der Waals surface area contributed by atoms with Crippen molar-refractivity contribution >= 4 is 5.69 Å². The predicted octanol–water partition coefficient (Wildman–Crippen LogP) is 2.23. The Kier molecular flexibility index (Phi) is 4.77. The van der Waals surface area contributed by atoms with E-state index in [1.807, 2.05) is 4.90 Å². The highest BCUT2D eigenvalue weighted by Gasteiger charge is 2.39. The van der Waals surface area contributed by atoms with Crippen LogP contribution in [0.5, 0.6) is 0 Å². The quantitative estimate of drug-likeness (QED) is 0.753. The molecule has 2 aromatic rings. The fourth-order valence-corrected chi connectivity index (χ4v) is 3.52. The summed E-state index contributed by atoms with van der Waals surface area (Å²) >= 11 is 0. The number of aromatic nitrogens is 2. The average molecular weight is 385 g/mol. The average Bonchev–Trinajstić information content (AvgIpc) is 3.08. The van der Waals surface area contributed by atoms with E-state index in [9.17, 15) is 17.6 Å². The van der Waals surface area contributed by atoms with Crippen LogP contribution in [-0.2, 0) is 12.7 Å². The zero-order chi connectivity index (χ0) is 19.0. The Morgan fingerprint density at radius 3 is 2.26 bits per heavy atom. The smallest absolute Gasteiger partial charge is 0.416 e. The number of halogens is 4. The summed E-state index contributed by atoms with van der Waals surface area (Å²) in [5, 5.41) is 6.51. The van der Waals surface area contributed by atoms with Crippen molar-refractivity contribution in [3.05, 3.63) is 41.9 Å². The summed E-state index contributed by atoms with van der Waals surface area (Å²) in [5.74, 6) is -1.55. The van der Waals surface area contributed by atoms with E-state index in [1.165, 1.54) is 12.1 Å². The Balaban J connectivity index is 1.22. The lowest BCUT2D eigenvalue weighted by Crippen LogP contribution is -2.62. The highest BCUT2D eigenvalue weighted by atomic mass is 19.4. The summed E-state index contributed by atoms with van der Waals surface area (Å²) in [4.78, 5) is 6.60. The summed E-state index contributed by atoms with van der Waals surface area (Å²) in [6.45, 7) is 5.28. The lowest BCUT2D eigenvalue weighted by atomic mass is 10.1. The van der Waals surface area contributed by atoms with Gasteiger partial charge in [0.1, 0.15) is 5.82 Å². The van der Waals surface area contributed by atoms with Crippen molar-refractivity contribution in [2.24, 2.45) is 0 Å². The molecule has 0 bridgehead atoms. The Bertz CT molecular complexity index is 764. The van der Waals surface area contributed by atoms with Crippen molar-refractivity contribution in [3.8, 4) is 0 Å². The summed E-state index contributed by atoms with van der Waals surface area (Å²) in [7, 11) is 0. The van der Waals surface area contributed by atoms with Crippen LogP contribution in [0.2, 0.25) is 0 Å². The van der Waals surface area contributed by atoms with Gasteiger partial charge in [0, 0.05) is 51.0 Å². The molecule has 2 aliphatic heterocycles. The Morgan fingerprint density at radius 1 is 1.00 bits per heavy atom. The van der Waals surface area contributed by atoms with E-state index >= 15 is 0 Å². The maximum absolute atomic E-state index is 13.0. The van der Waals surface area contributed by atoms with E-state index < -0.39 is 12.1 Å². The fourth-order valence-electron chi connectivity index (χ4n) is 3.52. The van der Waals surface area contributed by atoms with Gasteiger partial charge in [0.2, 0.25) is 5.89 Å². The third kappa shape index (κ3) is 4.06. The van der Waals surface area contributed by atoms with Gasteiger partial charge in [-0.3, -0.25) is 9.80 Å². The van der Waals surface area contributed by atoms with E-state index in [-0.39, 0.29) is 18.3 Å². The van der Waals surface area contributed by atoms with Gasteiger partial charge in [-0.05, 0) is 24.3 Å². The summed E-state index contributed by atoms with van der Waals surface area (Å²) in [6, 6.07) is 6.89. The normalized spacial score (nSPS) is 20.1. The molecule has 0 spiro atoms. The molecular formula is C17H19F4N5O. The van der Waals surface area contributed by atoms with Crippen LogP contribution >= 0.6 is 0 Å². The number of hydrogen-bond donors (Lipinski definition) is 0. The molecule has 2 aliphatic rings. The van der Waals surface area contributed by atoms with E-state index in [2.05, 4.69) is 24.4 Å². The van der Waals surface area contributed by atoms with Crippen LogP contribution in [0.25, 0.3) is 0 Å². The molecule has 10 heteroatoms.